The lowest BCUT2D eigenvalue weighted by atomic mass is 9.82. The first kappa shape index (κ1) is 24.1. The second-order valence-corrected chi connectivity index (χ2v) is 9.51. The largest absolute Gasteiger partial charge is 0.393 e. The molecule has 3 rings (SSSR count). The summed E-state index contributed by atoms with van der Waals surface area (Å²) in [7, 11) is 1.63. The molecule has 1 heterocycles. The average Bonchev–Trinajstić information content (AvgIpc) is 2.95. The van der Waals surface area contributed by atoms with Crippen LogP contribution in [0.1, 0.15) is 64.7 Å². The van der Waals surface area contributed by atoms with E-state index in [-0.39, 0.29) is 21.8 Å². The highest BCUT2D eigenvalue weighted by atomic mass is 79.9. The summed E-state index contributed by atoms with van der Waals surface area (Å²) < 4.78 is 15.2. The fourth-order valence-electron chi connectivity index (χ4n) is 4.20. The SMILES string of the molecule is Cc1c(C(=O)Nc2ccc(F)c(Br)c2)c(C)n(C)c1C(=O)C(=O)NC1(C)CCC(O)CC1. The average molecular weight is 508 g/mol. The van der Waals surface area contributed by atoms with E-state index in [1.54, 1.807) is 25.5 Å². The van der Waals surface area contributed by atoms with E-state index < -0.39 is 29.0 Å². The lowest BCUT2D eigenvalue weighted by Crippen LogP contribution is -2.51. The van der Waals surface area contributed by atoms with Gasteiger partial charge >= 0.3 is 0 Å². The molecule has 1 aromatic heterocycles. The Morgan fingerprint density at radius 1 is 1.22 bits per heavy atom. The van der Waals surface area contributed by atoms with Gasteiger partial charge in [0, 0.05) is 24.0 Å². The molecule has 0 unspecified atom stereocenters. The van der Waals surface area contributed by atoms with Crippen molar-refractivity contribution in [2.24, 2.45) is 7.05 Å². The second kappa shape index (κ2) is 9.15. The molecule has 9 heteroatoms. The van der Waals surface area contributed by atoms with E-state index in [1.807, 2.05) is 6.92 Å². The molecule has 0 bridgehead atoms. The van der Waals surface area contributed by atoms with Crippen LogP contribution in [-0.4, -0.2) is 38.9 Å². The van der Waals surface area contributed by atoms with Gasteiger partial charge in [0.1, 0.15) is 5.82 Å². The molecule has 0 saturated heterocycles. The summed E-state index contributed by atoms with van der Waals surface area (Å²) in [6, 6.07) is 4.11. The fourth-order valence-corrected chi connectivity index (χ4v) is 4.58. The third kappa shape index (κ3) is 4.78. The van der Waals surface area contributed by atoms with Gasteiger partial charge in [0.25, 0.3) is 17.6 Å². The van der Waals surface area contributed by atoms with Crippen molar-refractivity contribution in [3.8, 4) is 0 Å². The van der Waals surface area contributed by atoms with Crippen molar-refractivity contribution in [1.82, 2.24) is 9.88 Å². The topological polar surface area (TPSA) is 100 Å². The molecular weight excluding hydrogens is 481 g/mol. The minimum absolute atomic E-state index is 0.143. The number of nitrogens with zero attached hydrogens (tertiary/aromatic N) is 1. The zero-order valence-electron chi connectivity index (χ0n) is 18.5. The Morgan fingerprint density at radius 3 is 2.44 bits per heavy atom. The minimum atomic E-state index is -0.734. The number of carbonyl (C=O) groups excluding carboxylic acids is 3. The Labute approximate surface area is 194 Å². The number of aliphatic hydroxyl groups excluding tert-OH is 1. The predicted molar refractivity (Wildman–Crippen MR) is 122 cm³/mol. The van der Waals surface area contributed by atoms with Gasteiger partial charge in [0.15, 0.2) is 0 Å². The molecule has 2 amide bonds. The number of amides is 2. The van der Waals surface area contributed by atoms with Crippen molar-refractivity contribution in [3.05, 3.63) is 51.0 Å². The van der Waals surface area contributed by atoms with Crippen LogP contribution in [-0.2, 0) is 11.8 Å². The number of halogens is 2. The number of Topliss-reactive ketones (excluding diaryl/α,β-unsaturated/α-hetero) is 1. The van der Waals surface area contributed by atoms with Crippen LogP contribution < -0.4 is 10.6 Å². The highest BCUT2D eigenvalue weighted by Crippen LogP contribution is 2.29. The summed E-state index contributed by atoms with van der Waals surface area (Å²) >= 11 is 3.09. The van der Waals surface area contributed by atoms with Gasteiger partial charge in [-0.1, -0.05) is 0 Å². The molecule has 2 aromatic rings. The van der Waals surface area contributed by atoms with E-state index in [0.29, 0.717) is 42.6 Å². The number of hydrogen-bond acceptors (Lipinski definition) is 4. The fraction of sp³-hybridized carbons (Fsp3) is 0.435. The molecule has 1 aromatic carbocycles. The van der Waals surface area contributed by atoms with E-state index in [1.165, 1.54) is 18.2 Å². The van der Waals surface area contributed by atoms with E-state index in [0.717, 1.165) is 0 Å². The van der Waals surface area contributed by atoms with E-state index in [4.69, 9.17) is 0 Å². The minimum Gasteiger partial charge on any atom is -0.393 e. The van der Waals surface area contributed by atoms with Crippen LogP contribution in [0.2, 0.25) is 0 Å². The van der Waals surface area contributed by atoms with Gasteiger partial charge in [-0.3, -0.25) is 14.4 Å². The molecule has 7 nitrogen and oxygen atoms in total. The van der Waals surface area contributed by atoms with E-state index in [2.05, 4.69) is 26.6 Å². The Hall–Kier alpha value is -2.52. The molecule has 0 spiro atoms. The molecule has 1 aliphatic carbocycles. The van der Waals surface area contributed by atoms with Gasteiger partial charge in [-0.05, 0) is 86.1 Å². The Kier molecular flexibility index (Phi) is 6.90. The summed E-state index contributed by atoms with van der Waals surface area (Å²) in [6.07, 6.45) is 1.92. The van der Waals surface area contributed by atoms with Crippen LogP contribution in [0.4, 0.5) is 10.1 Å². The van der Waals surface area contributed by atoms with Gasteiger partial charge in [-0.25, -0.2) is 4.39 Å². The van der Waals surface area contributed by atoms with Crippen molar-refractivity contribution >= 4 is 39.2 Å². The second-order valence-electron chi connectivity index (χ2n) is 8.65. The van der Waals surface area contributed by atoms with Gasteiger partial charge < -0.3 is 20.3 Å². The maximum absolute atomic E-state index is 13.5. The highest BCUT2D eigenvalue weighted by molar-refractivity contribution is 9.10. The van der Waals surface area contributed by atoms with Crippen LogP contribution in [0.5, 0.6) is 0 Å². The van der Waals surface area contributed by atoms with Crippen molar-refractivity contribution in [3.63, 3.8) is 0 Å². The summed E-state index contributed by atoms with van der Waals surface area (Å²) in [6.45, 7) is 5.19. The lowest BCUT2D eigenvalue weighted by molar-refractivity contribution is -0.119. The lowest BCUT2D eigenvalue weighted by Gasteiger charge is -2.36. The number of anilines is 1. The Morgan fingerprint density at radius 2 is 1.84 bits per heavy atom. The molecule has 172 valence electrons. The Bertz CT molecular complexity index is 1090. The van der Waals surface area contributed by atoms with E-state index >= 15 is 0 Å². The van der Waals surface area contributed by atoms with Gasteiger partial charge in [0.2, 0.25) is 0 Å². The zero-order chi connectivity index (χ0) is 23.8. The van der Waals surface area contributed by atoms with Crippen molar-refractivity contribution in [2.45, 2.75) is 58.1 Å². The first-order valence-electron chi connectivity index (χ1n) is 10.4. The number of aromatic nitrogens is 1. The van der Waals surface area contributed by atoms with Gasteiger partial charge in [-0.2, -0.15) is 0 Å². The summed E-state index contributed by atoms with van der Waals surface area (Å²) in [4.78, 5) is 38.7. The van der Waals surface area contributed by atoms with Crippen LogP contribution >= 0.6 is 15.9 Å². The molecule has 0 atom stereocenters. The number of ketones is 1. The maximum Gasteiger partial charge on any atom is 0.294 e. The summed E-state index contributed by atoms with van der Waals surface area (Å²) in [5.74, 6) is -2.36. The molecule has 1 aliphatic rings. The third-order valence-electron chi connectivity index (χ3n) is 6.23. The molecule has 0 aliphatic heterocycles. The molecule has 1 saturated carbocycles. The van der Waals surface area contributed by atoms with Crippen LogP contribution in [0.25, 0.3) is 0 Å². The zero-order valence-corrected chi connectivity index (χ0v) is 20.1. The van der Waals surface area contributed by atoms with Crippen molar-refractivity contribution in [1.29, 1.82) is 0 Å². The standard InChI is InChI=1S/C23H27BrFN3O4/c1-12-18(21(31)26-14-5-6-17(25)16(24)11-14)13(2)28(4)19(12)20(30)22(32)27-23(3)9-7-15(29)8-10-23/h5-6,11,15,29H,7-10H2,1-4H3,(H,26,31)(H,27,32). The first-order valence-corrected chi connectivity index (χ1v) is 11.2. The predicted octanol–water partition coefficient (Wildman–Crippen LogP) is 3.79. The number of aliphatic hydroxyl groups is 1. The Balaban J connectivity index is 1.83. The van der Waals surface area contributed by atoms with Gasteiger partial charge in [-0.15, -0.1) is 0 Å². The number of carbonyl (C=O) groups is 3. The smallest absolute Gasteiger partial charge is 0.294 e. The normalized spacial score (nSPS) is 20.7. The third-order valence-corrected chi connectivity index (χ3v) is 6.84. The molecular formula is C23H27BrFN3O4. The van der Waals surface area contributed by atoms with Crippen LogP contribution in [0.15, 0.2) is 22.7 Å². The molecule has 0 radical (unpaired) electrons. The first-order chi connectivity index (χ1) is 14.9. The van der Waals surface area contributed by atoms with Crippen molar-refractivity contribution in [2.75, 3.05) is 5.32 Å². The van der Waals surface area contributed by atoms with Crippen molar-refractivity contribution < 1.29 is 23.9 Å². The maximum atomic E-state index is 13.5. The van der Waals surface area contributed by atoms with Gasteiger partial charge in [0.05, 0.1) is 21.8 Å². The van der Waals surface area contributed by atoms with Crippen LogP contribution in [0, 0.1) is 19.7 Å². The monoisotopic (exact) mass is 507 g/mol. The summed E-state index contributed by atoms with van der Waals surface area (Å²) in [5, 5.41) is 15.2. The van der Waals surface area contributed by atoms with E-state index in [9.17, 15) is 23.9 Å². The molecule has 1 fully saturated rings. The number of benzene rings is 1. The quantitative estimate of drug-likeness (QED) is 0.423. The number of rotatable bonds is 5. The highest BCUT2D eigenvalue weighted by Gasteiger charge is 2.35. The number of hydrogen-bond donors (Lipinski definition) is 3. The molecule has 32 heavy (non-hydrogen) atoms. The molecule has 3 N–H and O–H groups in total. The number of nitrogens with one attached hydrogen (secondary N) is 2. The summed E-state index contributed by atoms with van der Waals surface area (Å²) in [5.41, 5.74) is 1.19. The van der Waals surface area contributed by atoms with Crippen LogP contribution in [0.3, 0.4) is 0 Å².